The number of alkyl carbamates (subject to hydrolysis) is 1. The fourth-order valence-corrected chi connectivity index (χ4v) is 3.46. The zero-order chi connectivity index (χ0) is 24.0. The number of carbonyl (C=O) groups is 2. The molecule has 33 heavy (non-hydrogen) atoms. The number of amides is 2. The summed E-state index contributed by atoms with van der Waals surface area (Å²) in [6.45, 7) is 7.53. The molecule has 0 aliphatic rings. The summed E-state index contributed by atoms with van der Waals surface area (Å²) in [6.07, 6.45) is 2.43. The second-order valence-electron chi connectivity index (χ2n) is 8.88. The topological polar surface area (TPSA) is 87.7 Å². The molecule has 172 valence electrons. The minimum Gasteiger partial charge on any atom is -0.507 e. The van der Waals surface area contributed by atoms with Crippen LogP contribution in [0.25, 0.3) is 16.8 Å². The normalized spacial score (nSPS) is 12.5. The molecule has 0 spiro atoms. The van der Waals surface area contributed by atoms with Gasteiger partial charge in [-0.15, -0.1) is 0 Å². The number of phenolic OH excluding ortho intramolecular Hbond substituents is 1. The Kier molecular flexibility index (Phi) is 7.38. The van der Waals surface area contributed by atoms with E-state index in [4.69, 9.17) is 4.74 Å². The van der Waals surface area contributed by atoms with Crippen molar-refractivity contribution in [2.24, 2.45) is 0 Å². The maximum Gasteiger partial charge on any atom is 0.407 e. The van der Waals surface area contributed by atoms with Gasteiger partial charge in [0.05, 0.1) is 6.04 Å². The standard InChI is InChI=1S/C27H30N2O4/c1-18(22-11-7-9-20-8-5-6-10-23(20)22)29-25(31)15-14-21-13-12-19(16-24(21)30)17-28-26(32)33-27(2,3)4/h5-16,18,30H,17H2,1-4H3,(H,28,32)(H,29,31)/b15-14+. The predicted molar refractivity (Wildman–Crippen MR) is 131 cm³/mol. The highest BCUT2D eigenvalue weighted by molar-refractivity contribution is 5.93. The van der Waals surface area contributed by atoms with Gasteiger partial charge >= 0.3 is 6.09 Å². The molecule has 3 N–H and O–H groups in total. The van der Waals surface area contributed by atoms with E-state index in [1.54, 1.807) is 45.0 Å². The third-order valence-electron chi connectivity index (χ3n) is 4.99. The first kappa shape index (κ1) is 23.9. The summed E-state index contributed by atoms with van der Waals surface area (Å²) in [5, 5.41) is 18.2. The molecule has 0 aliphatic heterocycles. The van der Waals surface area contributed by atoms with Crippen LogP contribution in [0.15, 0.2) is 66.7 Å². The van der Waals surface area contributed by atoms with Crippen LogP contribution in [0.2, 0.25) is 0 Å². The fourth-order valence-electron chi connectivity index (χ4n) is 3.46. The number of rotatable bonds is 6. The summed E-state index contributed by atoms with van der Waals surface area (Å²) < 4.78 is 5.20. The molecule has 0 saturated heterocycles. The van der Waals surface area contributed by atoms with E-state index in [0.717, 1.165) is 16.3 Å². The average molecular weight is 447 g/mol. The SMILES string of the molecule is CC(NC(=O)/C=C/c1ccc(CNC(=O)OC(C)(C)C)cc1O)c1cccc2ccccc12. The monoisotopic (exact) mass is 446 g/mol. The van der Waals surface area contributed by atoms with Gasteiger partial charge in [0, 0.05) is 18.2 Å². The Morgan fingerprint density at radius 3 is 2.52 bits per heavy atom. The molecule has 0 bridgehead atoms. The zero-order valence-corrected chi connectivity index (χ0v) is 19.4. The van der Waals surface area contributed by atoms with Crippen molar-refractivity contribution in [1.82, 2.24) is 10.6 Å². The van der Waals surface area contributed by atoms with Crippen molar-refractivity contribution in [2.75, 3.05) is 0 Å². The molecule has 0 heterocycles. The number of ether oxygens (including phenoxy) is 1. The quantitative estimate of drug-likeness (QED) is 0.439. The molecule has 3 aromatic carbocycles. The molecule has 3 aromatic rings. The van der Waals surface area contributed by atoms with E-state index in [2.05, 4.69) is 10.6 Å². The third kappa shape index (κ3) is 6.84. The van der Waals surface area contributed by atoms with Crippen LogP contribution in [0.3, 0.4) is 0 Å². The van der Waals surface area contributed by atoms with Gasteiger partial charge in [-0.2, -0.15) is 0 Å². The Hall–Kier alpha value is -3.80. The van der Waals surface area contributed by atoms with Gasteiger partial charge in [0.15, 0.2) is 0 Å². The Bertz CT molecular complexity index is 1170. The number of carbonyl (C=O) groups excluding carboxylic acids is 2. The molecule has 0 saturated carbocycles. The number of hydrogen-bond acceptors (Lipinski definition) is 4. The minimum absolute atomic E-state index is 0.0182. The molecular weight excluding hydrogens is 416 g/mol. The summed E-state index contributed by atoms with van der Waals surface area (Å²) in [5.74, 6) is -0.241. The Morgan fingerprint density at radius 1 is 1.06 bits per heavy atom. The van der Waals surface area contributed by atoms with Crippen molar-refractivity contribution in [2.45, 2.75) is 45.9 Å². The van der Waals surface area contributed by atoms with Crippen molar-refractivity contribution < 1.29 is 19.4 Å². The lowest BCUT2D eigenvalue weighted by molar-refractivity contribution is -0.117. The van der Waals surface area contributed by atoms with Crippen LogP contribution >= 0.6 is 0 Å². The van der Waals surface area contributed by atoms with Crippen LogP contribution in [0, 0.1) is 0 Å². The molecular formula is C27H30N2O4. The van der Waals surface area contributed by atoms with E-state index in [1.165, 1.54) is 6.08 Å². The van der Waals surface area contributed by atoms with Crippen molar-refractivity contribution in [3.8, 4) is 5.75 Å². The smallest absolute Gasteiger partial charge is 0.407 e. The van der Waals surface area contributed by atoms with Gasteiger partial charge in [-0.25, -0.2) is 4.79 Å². The van der Waals surface area contributed by atoms with E-state index in [-0.39, 0.29) is 24.2 Å². The van der Waals surface area contributed by atoms with E-state index < -0.39 is 11.7 Å². The van der Waals surface area contributed by atoms with Gasteiger partial charge in [0.25, 0.3) is 0 Å². The Labute approximate surface area is 194 Å². The molecule has 3 rings (SSSR count). The lowest BCUT2D eigenvalue weighted by atomic mass is 9.99. The highest BCUT2D eigenvalue weighted by Gasteiger charge is 2.16. The summed E-state index contributed by atoms with van der Waals surface area (Å²) in [5.41, 5.74) is 1.68. The minimum atomic E-state index is -0.577. The van der Waals surface area contributed by atoms with Crippen molar-refractivity contribution in [3.05, 3.63) is 83.4 Å². The Balaban J connectivity index is 1.60. The number of aromatic hydroxyl groups is 1. The van der Waals surface area contributed by atoms with Crippen LogP contribution in [0.5, 0.6) is 5.75 Å². The first-order chi connectivity index (χ1) is 15.6. The fraction of sp³-hybridized carbons (Fsp3) is 0.259. The van der Waals surface area contributed by atoms with Crippen LogP contribution in [-0.2, 0) is 16.1 Å². The maximum absolute atomic E-state index is 12.5. The highest BCUT2D eigenvalue weighted by atomic mass is 16.6. The Morgan fingerprint density at radius 2 is 1.79 bits per heavy atom. The lowest BCUT2D eigenvalue weighted by Crippen LogP contribution is -2.32. The summed E-state index contributed by atoms with van der Waals surface area (Å²) in [6, 6.07) is 18.9. The van der Waals surface area contributed by atoms with Crippen LogP contribution < -0.4 is 10.6 Å². The number of fused-ring (bicyclic) bond motifs is 1. The van der Waals surface area contributed by atoms with Crippen molar-refractivity contribution >= 4 is 28.8 Å². The average Bonchev–Trinajstić information content (AvgIpc) is 2.75. The maximum atomic E-state index is 12.5. The first-order valence-corrected chi connectivity index (χ1v) is 10.9. The molecule has 0 fully saturated rings. The van der Waals surface area contributed by atoms with Gasteiger partial charge in [-0.3, -0.25) is 4.79 Å². The van der Waals surface area contributed by atoms with E-state index >= 15 is 0 Å². The second-order valence-corrected chi connectivity index (χ2v) is 8.88. The molecule has 6 heteroatoms. The van der Waals surface area contributed by atoms with Crippen LogP contribution in [-0.4, -0.2) is 22.7 Å². The number of nitrogens with one attached hydrogen (secondary N) is 2. The summed E-state index contributed by atoms with van der Waals surface area (Å²) in [4.78, 5) is 24.2. The second kappa shape index (κ2) is 10.2. The molecule has 1 unspecified atom stereocenters. The lowest BCUT2D eigenvalue weighted by Gasteiger charge is -2.19. The molecule has 1 atom stereocenters. The first-order valence-electron chi connectivity index (χ1n) is 10.9. The van der Waals surface area contributed by atoms with Crippen molar-refractivity contribution in [1.29, 1.82) is 0 Å². The summed E-state index contributed by atoms with van der Waals surface area (Å²) >= 11 is 0. The highest BCUT2D eigenvalue weighted by Crippen LogP contribution is 2.24. The van der Waals surface area contributed by atoms with Gasteiger partial charge < -0.3 is 20.5 Å². The van der Waals surface area contributed by atoms with Gasteiger partial charge in [-0.05, 0) is 61.7 Å². The van der Waals surface area contributed by atoms with E-state index in [1.807, 2.05) is 49.4 Å². The number of phenols is 1. The van der Waals surface area contributed by atoms with Gasteiger partial charge in [0.1, 0.15) is 11.4 Å². The van der Waals surface area contributed by atoms with Gasteiger partial charge in [0.2, 0.25) is 5.91 Å². The van der Waals surface area contributed by atoms with Gasteiger partial charge in [-0.1, -0.05) is 54.6 Å². The molecule has 6 nitrogen and oxygen atoms in total. The largest absolute Gasteiger partial charge is 0.507 e. The van der Waals surface area contributed by atoms with Crippen LogP contribution in [0.1, 0.15) is 50.4 Å². The zero-order valence-electron chi connectivity index (χ0n) is 19.4. The molecule has 0 radical (unpaired) electrons. The molecule has 2 amide bonds. The summed E-state index contributed by atoms with van der Waals surface area (Å²) in [7, 11) is 0. The number of hydrogen-bond donors (Lipinski definition) is 3. The van der Waals surface area contributed by atoms with E-state index in [0.29, 0.717) is 11.1 Å². The third-order valence-corrected chi connectivity index (χ3v) is 4.99. The van der Waals surface area contributed by atoms with Crippen molar-refractivity contribution in [3.63, 3.8) is 0 Å². The number of benzene rings is 3. The van der Waals surface area contributed by atoms with Crippen LogP contribution in [0.4, 0.5) is 4.79 Å². The predicted octanol–water partition coefficient (Wildman–Crippen LogP) is 5.46. The molecule has 0 aliphatic carbocycles. The van der Waals surface area contributed by atoms with E-state index in [9.17, 15) is 14.7 Å². The molecule has 0 aromatic heterocycles.